The Bertz CT molecular complexity index is 1480. The second-order valence-corrected chi connectivity index (χ2v) is 18.4. The summed E-state index contributed by atoms with van der Waals surface area (Å²) >= 11 is 0. The second kappa shape index (κ2) is 49.4. The zero-order valence-electron chi connectivity index (χ0n) is 43.7. The van der Waals surface area contributed by atoms with Gasteiger partial charge in [-0.1, -0.05) is 187 Å². The van der Waals surface area contributed by atoms with Crippen LogP contribution in [0.3, 0.4) is 0 Å². The number of likely N-dealkylation sites (N-methyl/N-ethyl adjacent to an activating group) is 1. The van der Waals surface area contributed by atoms with Crippen LogP contribution in [0.25, 0.3) is 0 Å². The van der Waals surface area contributed by atoms with Crippen LogP contribution in [-0.2, 0) is 33.3 Å². The van der Waals surface area contributed by atoms with Crippen LogP contribution in [0.5, 0.6) is 0 Å². The minimum absolute atomic E-state index is 0.139. The van der Waals surface area contributed by atoms with Crippen molar-refractivity contribution in [3.05, 3.63) is 109 Å². The molecule has 9 heteroatoms. The van der Waals surface area contributed by atoms with Crippen molar-refractivity contribution < 1.29 is 42.9 Å². The highest BCUT2D eigenvalue weighted by molar-refractivity contribution is 5.70. The van der Waals surface area contributed by atoms with Gasteiger partial charge in [-0.25, -0.2) is 0 Å². The Kier molecular flexibility index (Phi) is 46.4. The molecule has 0 aromatic carbocycles. The number of carboxylic acid groups (broad SMARTS) is 1. The first-order valence-electron chi connectivity index (χ1n) is 26.5. The molecule has 0 amide bonds. The van der Waals surface area contributed by atoms with E-state index in [0.29, 0.717) is 17.4 Å². The molecule has 0 aromatic rings. The molecule has 2 atom stereocenters. The third-order valence-electron chi connectivity index (χ3n) is 10.7. The summed E-state index contributed by atoms with van der Waals surface area (Å²) in [7, 11) is 5.90. The molecule has 0 fully saturated rings. The van der Waals surface area contributed by atoms with Crippen LogP contribution in [-0.4, -0.2) is 82.3 Å². The van der Waals surface area contributed by atoms with Crippen LogP contribution in [0, 0.1) is 0 Å². The first kappa shape index (κ1) is 64.0. The summed E-state index contributed by atoms with van der Waals surface area (Å²) in [4.78, 5) is 37.0. The van der Waals surface area contributed by atoms with Crippen molar-refractivity contribution >= 4 is 17.9 Å². The summed E-state index contributed by atoms with van der Waals surface area (Å²) < 4.78 is 22.5. The van der Waals surface area contributed by atoms with Crippen LogP contribution in [0.15, 0.2) is 109 Å². The van der Waals surface area contributed by atoms with Crippen molar-refractivity contribution in [1.82, 2.24) is 0 Å². The largest absolute Gasteiger partial charge is 0.545 e. The second-order valence-electron chi connectivity index (χ2n) is 18.4. The van der Waals surface area contributed by atoms with Crippen LogP contribution >= 0.6 is 0 Å². The van der Waals surface area contributed by atoms with E-state index < -0.39 is 24.3 Å². The van der Waals surface area contributed by atoms with Crippen LogP contribution in [0.4, 0.5) is 0 Å². The number of carbonyl (C=O) groups excluding carboxylic acids is 3. The van der Waals surface area contributed by atoms with E-state index in [9.17, 15) is 19.5 Å². The maximum atomic E-state index is 12.8. The van der Waals surface area contributed by atoms with E-state index in [-0.39, 0.29) is 38.6 Å². The number of unbranched alkanes of at least 4 members (excludes halogenated alkanes) is 14. The number of nitrogens with zero attached hydrogens (tertiary/aromatic N) is 1. The fraction of sp³-hybridized carbons (Fsp3) is 0.644. The van der Waals surface area contributed by atoms with Gasteiger partial charge in [0.2, 0.25) is 0 Å². The Labute approximate surface area is 415 Å². The Hall–Kier alpha value is -4.05. The average Bonchev–Trinajstić information content (AvgIpc) is 3.30. The molecule has 0 heterocycles. The van der Waals surface area contributed by atoms with Gasteiger partial charge >= 0.3 is 11.9 Å². The molecule has 2 unspecified atom stereocenters. The third kappa shape index (κ3) is 49.8. The SMILES string of the molecule is CC/C=C\C/C=C\C/C=C\C/C=C\C/C=C\C/C=C\C/C=C\C/C=C\CCCCCCCCCCC(=O)OC(COC(=O)CCCCCCC/C=C\CCC)COC(OCC[N+](C)(C)C)C(=O)[O-]. The summed E-state index contributed by atoms with van der Waals surface area (Å²) in [6.07, 6.45) is 64.3. The van der Waals surface area contributed by atoms with Crippen LogP contribution in [0.2, 0.25) is 0 Å². The van der Waals surface area contributed by atoms with Gasteiger partial charge in [0.25, 0.3) is 0 Å². The van der Waals surface area contributed by atoms with Gasteiger partial charge in [-0.3, -0.25) is 9.59 Å². The minimum atomic E-state index is -1.63. The van der Waals surface area contributed by atoms with Crippen LogP contribution < -0.4 is 5.11 Å². The maximum Gasteiger partial charge on any atom is 0.306 e. The molecule has 0 aromatic heterocycles. The number of ether oxygens (including phenoxy) is 4. The standard InChI is InChI=1S/C59H97NO8/c1-6-8-10-12-14-16-18-19-20-21-22-23-24-25-26-27-28-29-30-31-32-33-34-35-36-37-38-39-40-42-44-46-48-50-57(62)68-55(54-67-59(58(63)64)65-52-51-60(3,4)5)53-66-56(61)49-47-45-43-41-17-15-13-11-9-7-2/h8,10-11,13-14,16,19-20,22-23,25-26,28-29,31-32,34-35,55,59H,6-7,9,12,15,17-18,21,24,27,30,33,36-54H2,1-5H3/b10-8-,13-11-,16-14-,20-19-,23-22-,26-25-,29-28-,32-31-,35-34-. The number of esters is 2. The summed E-state index contributed by atoms with van der Waals surface area (Å²) in [5.41, 5.74) is 0. The Morgan fingerprint density at radius 2 is 0.838 bits per heavy atom. The first-order chi connectivity index (χ1) is 33.1. The molecule has 68 heavy (non-hydrogen) atoms. The van der Waals surface area contributed by atoms with Crippen molar-refractivity contribution in [3.63, 3.8) is 0 Å². The van der Waals surface area contributed by atoms with E-state index in [2.05, 4.69) is 123 Å². The highest BCUT2D eigenvalue weighted by Crippen LogP contribution is 2.13. The lowest BCUT2D eigenvalue weighted by atomic mass is 10.1. The highest BCUT2D eigenvalue weighted by atomic mass is 16.7. The van der Waals surface area contributed by atoms with Gasteiger partial charge in [-0.15, -0.1) is 0 Å². The molecular formula is C59H97NO8. The van der Waals surface area contributed by atoms with E-state index in [4.69, 9.17) is 18.9 Å². The van der Waals surface area contributed by atoms with Gasteiger partial charge in [0, 0.05) is 12.8 Å². The lowest BCUT2D eigenvalue weighted by molar-refractivity contribution is -0.870. The molecule has 0 radical (unpaired) electrons. The van der Waals surface area contributed by atoms with Gasteiger partial charge in [0.05, 0.1) is 40.3 Å². The van der Waals surface area contributed by atoms with Crippen molar-refractivity contribution in [2.24, 2.45) is 0 Å². The predicted molar refractivity (Wildman–Crippen MR) is 283 cm³/mol. The maximum absolute atomic E-state index is 12.8. The minimum Gasteiger partial charge on any atom is -0.545 e. The zero-order chi connectivity index (χ0) is 49.9. The monoisotopic (exact) mass is 948 g/mol. The first-order valence-corrected chi connectivity index (χ1v) is 26.5. The number of aliphatic carboxylic acids is 1. The fourth-order valence-corrected chi connectivity index (χ4v) is 6.67. The number of carboxylic acids is 1. The van der Waals surface area contributed by atoms with Gasteiger partial charge in [-0.2, -0.15) is 0 Å². The quantitative estimate of drug-likeness (QED) is 0.0195. The highest BCUT2D eigenvalue weighted by Gasteiger charge is 2.21. The van der Waals surface area contributed by atoms with Gasteiger partial charge in [0.15, 0.2) is 12.4 Å². The summed E-state index contributed by atoms with van der Waals surface area (Å²) in [5, 5.41) is 11.7. The van der Waals surface area contributed by atoms with Crippen LogP contribution in [0.1, 0.15) is 187 Å². The van der Waals surface area contributed by atoms with Gasteiger partial charge in [0.1, 0.15) is 13.2 Å². The number of hydrogen-bond donors (Lipinski definition) is 0. The molecule has 0 bridgehead atoms. The van der Waals surface area contributed by atoms with E-state index in [1.54, 1.807) is 0 Å². The van der Waals surface area contributed by atoms with Crippen molar-refractivity contribution in [2.75, 3.05) is 47.5 Å². The molecule has 0 aliphatic rings. The van der Waals surface area contributed by atoms with E-state index in [0.717, 1.165) is 122 Å². The molecule has 0 N–H and O–H groups in total. The summed E-state index contributed by atoms with van der Waals surface area (Å²) in [6, 6.07) is 0. The number of quaternary nitrogens is 1. The molecular weight excluding hydrogens is 851 g/mol. The molecule has 386 valence electrons. The van der Waals surface area contributed by atoms with E-state index in [1.807, 2.05) is 21.1 Å². The van der Waals surface area contributed by atoms with Crippen molar-refractivity contribution in [2.45, 2.75) is 200 Å². The lowest BCUT2D eigenvalue weighted by Crippen LogP contribution is -2.44. The number of allylic oxidation sites excluding steroid dienone is 18. The van der Waals surface area contributed by atoms with E-state index >= 15 is 0 Å². The molecule has 0 aliphatic heterocycles. The topological polar surface area (TPSA) is 111 Å². The fourth-order valence-electron chi connectivity index (χ4n) is 6.67. The summed E-state index contributed by atoms with van der Waals surface area (Å²) in [6.45, 7) is 4.52. The Balaban J connectivity index is 4.22. The van der Waals surface area contributed by atoms with Crippen molar-refractivity contribution in [1.29, 1.82) is 0 Å². The molecule has 9 nitrogen and oxygen atoms in total. The Morgan fingerprint density at radius 1 is 0.456 bits per heavy atom. The van der Waals surface area contributed by atoms with Crippen molar-refractivity contribution in [3.8, 4) is 0 Å². The normalized spacial score (nSPS) is 13.7. The third-order valence-corrected chi connectivity index (χ3v) is 10.7. The summed E-state index contributed by atoms with van der Waals surface area (Å²) in [5.74, 6) is -2.32. The molecule has 0 spiro atoms. The average molecular weight is 948 g/mol. The smallest absolute Gasteiger partial charge is 0.306 e. The number of rotatable bonds is 47. The molecule has 0 saturated carbocycles. The Morgan fingerprint density at radius 3 is 1.26 bits per heavy atom. The lowest BCUT2D eigenvalue weighted by Gasteiger charge is -2.26. The van der Waals surface area contributed by atoms with Gasteiger partial charge in [-0.05, 0) is 96.3 Å². The molecule has 0 saturated heterocycles. The zero-order valence-corrected chi connectivity index (χ0v) is 43.7. The predicted octanol–water partition coefficient (Wildman–Crippen LogP) is 13.8. The molecule has 0 aliphatic carbocycles. The van der Waals surface area contributed by atoms with Gasteiger partial charge < -0.3 is 33.3 Å². The van der Waals surface area contributed by atoms with E-state index in [1.165, 1.54) is 32.1 Å². The number of hydrogen-bond acceptors (Lipinski definition) is 8. The molecule has 0 rings (SSSR count). The number of carbonyl (C=O) groups is 3.